The fourth-order valence-electron chi connectivity index (χ4n) is 1.66. The van der Waals surface area contributed by atoms with Crippen LogP contribution in [0.2, 0.25) is 0 Å². The predicted octanol–water partition coefficient (Wildman–Crippen LogP) is 0.838. The first-order chi connectivity index (χ1) is 8.29. The van der Waals surface area contributed by atoms with E-state index in [1.165, 1.54) is 17.5 Å². The molecule has 2 N–H and O–H groups in total. The van der Waals surface area contributed by atoms with Gasteiger partial charge in [-0.05, 0) is 31.6 Å². The highest BCUT2D eigenvalue weighted by molar-refractivity contribution is 5.38. The molecule has 5 nitrogen and oxygen atoms in total. The number of nitrogens with one attached hydrogen (secondary N) is 1. The van der Waals surface area contributed by atoms with Crippen LogP contribution < -0.4 is 10.9 Å². The van der Waals surface area contributed by atoms with Crippen molar-refractivity contribution >= 4 is 5.69 Å². The molecule has 17 heavy (non-hydrogen) atoms. The number of nitrogens with zero attached hydrogens (tertiary/aromatic N) is 2. The molecule has 0 spiro atoms. The van der Waals surface area contributed by atoms with Crippen molar-refractivity contribution in [2.75, 3.05) is 18.5 Å². The van der Waals surface area contributed by atoms with Crippen LogP contribution in [0.1, 0.15) is 25.7 Å². The molecule has 1 aromatic rings. The number of unbranched alkanes of at least 4 members (excludes halogenated alkanes) is 1. The fourth-order valence-corrected chi connectivity index (χ4v) is 1.66. The number of hydrogen-bond donors (Lipinski definition) is 2. The van der Waals surface area contributed by atoms with E-state index in [4.69, 9.17) is 5.11 Å². The van der Waals surface area contributed by atoms with Crippen molar-refractivity contribution in [3.63, 3.8) is 0 Å². The van der Waals surface area contributed by atoms with Crippen molar-refractivity contribution in [3.8, 4) is 0 Å². The summed E-state index contributed by atoms with van der Waals surface area (Å²) in [4.78, 5) is 11.7. The Kier molecular flexibility index (Phi) is 4.14. The molecule has 0 aliphatic heterocycles. The summed E-state index contributed by atoms with van der Waals surface area (Å²) in [5.41, 5.74) is 0.726. The van der Waals surface area contributed by atoms with Crippen molar-refractivity contribution < 1.29 is 5.11 Å². The third-order valence-electron chi connectivity index (χ3n) is 2.94. The molecule has 0 radical (unpaired) electrons. The quantitative estimate of drug-likeness (QED) is 0.690. The third kappa shape index (κ3) is 3.85. The van der Waals surface area contributed by atoms with Crippen LogP contribution in [-0.2, 0) is 6.54 Å². The number of aryl methyl sites for hydroxylation is 1. The summed E-state index contributed by atoms with van der Waals surface area (Å²) in [7, 11) is 0. The highest BCUT2D eigenvalue weighted by Crippen LogP contribution is 2.28. The van der Waals surface area contributed by atoms with Gasteiger partial charge in [0.25, 0.3) is 5.56 Å². The van der Waals surface area contributed by atoms with E-state index in [-0.39, 0.29) is 12.2 Å². The van der Waals surface area contributed by atoms with Gasteiger partial charge in [0.15, 0.2) is 0 Å². The van der Waals surface area contributed by atoms with Crippen LogP contribution in [-0.4, -0.2) is 28.0 Å². The van der Waals surface area contributed by atoms with Crippen LogP contribution in [0.4, 0.5) is 5.69 Å². The van der Waals surface area contributed by atoms with Gasteiger partial charge in [-0.25, -0.2) is 4.68 Å². The second-order valence-corrected chi connectivity index (χ2v) is 4.56. The average molecular weight is 237 g/mol. The molecule has 0 saturated heterocycles. The number of aliphatic hydroxyl groups is 1. The second-order valence-electron chi connectivity index (χ2n) is 4.56. The monoisotopic (exact) mass is 237 g/mol. The Hall–Kier alpha value is -1.36. The lowest BCUT2D eigenvalue weighted by Crippen LogP contribution is -2.23. The first-order valence-electron chi connectivity index (χ1n) is 6.21. The van der Waals surface area contributed by atoms with E-state index in [0.717, 1.165) is 24.6 Å². The highest BCUT2D eigenvalue weighted by atomic mass is 16.2. The Balaban J connectivity index is 1.88. The number of anilines is 1. The third-order valence-corrected chi connectivity index (χ3v) is 2.94. The maximum absolute atomic E-state index is 11.7. The zero-order valence-corrected chi connectivity index (χ0v) is 9.93. The molecular weight excluding hydrogens is 218 g/mol. The molecule has 0 atom stereocenters. The van der Waals surface area contributed by atoms with Gasteiger partial charge in [-0.2, -0.15) is 5.10 Å². The minimum atomic E-state index is -0.0799. The van der Waals surface area contributed by atoms with Gasteiger partial charge in [0.05, 0.1) is 11.9 Å². The van der Waals surface area contributed by atoms with Gasteiger partial charge < -0.3 is 10.4 Å². The van der Waals surface area contributed by atoms with Crippen LogP contribution >= 0.6 is 0 Å². The number of aliphatic hydroxyl groups excluding tert-OH is 1. The Bertz CT molecular complexity index is 412. The van der Waals surface area contributed by atoms with Gasteiger partial charge in [0.1, 0.15) is 0 Å². The van der Waals surface area contributed by atoms with Gasteiger partial charge in [-0.15, -0.1) is 0 Å². The molecule has 0 bridgehead atoms. The van der Waals surface area contributed by atoms with Gasteiger partial charge in [-0.3, -0.25) is 4.79 Å². The van der Waals surface area contributed by atoms with Crippen LogP contribution in [0.25, 0.3) is 0 Å². The molecule has 1 aliphatic carbocycles. The minimum absolute atomic E-state index is 0.0799. The first-order valence-corrected chi connectivity index (χ1v) is 6.21. The molecule has 1 aromatic heterocycles. The van der Waals surface area contributed by atoms with Crippen molar-refractivity contribution in [2.45, 2.75) is 32.2 Å². The molecule has 1 heterocycles. The standard InChI is InChI=1S/C12H19N3O2/c16-6-2-1-5-15-12(17)7-11(9-14-15)13-8-10-3-4-10/h7,9-10,13,16H,1-6,8H2. The molecule has 2 rings (SSSR count). The number of rotatable bonds is 7. The van der Waals surface area contributed by atoms with E-state index in [2.05, 4.69) is 10.4 Å². The van der Waals surface area contributed by atoms with E-state index in [0.29, 0.717) is 13.0 Å². The van der Waals surface area contributed by atoms with E-state index in [1.54, 1.807) is 12.3 Å². The zero-order chi connectivity index (χ0) is 12.1. The summed E-state index contributed by atoms with van der Waals surface area (Å²) in [5, 5.41) is 16.0. The maximum Gasteiger partial charge on any atom is 0.268 e. The van der Waals surface area contributed by atoms with Crippen LogP contribution in [0.5, 0.6) is 0 Å². The van der Waals surface area contributed by atoms with E-state index < -0.39 is 0 Å². The lowest BCUT2D eigenvalue weighted by Gasteiger charge is -2.07. The van der Waals surface area contributed by atoms with Gasteiger partial charge in [0.2, 0.25) is 0 Å². The van der Waals surface area contributed by atoms with Gasteiger partial charge in [-0.1, -0.05) is 0 Å². The topological polar surface area (TPSA) is 67.2 Å². The van der Waals surface area contributed by atoms with E-state index in [9.17, 15) is 4.79 Å². The predicted molar refractivity (Wildman–Crippen MR) is 66.0 cm³/mol. The SMILES string of the molecule is O=c1cc(NCC2CC2)cnn1CCCCO. The Labute approximate surface area is 100 Å². The van der Waals surface area contributed by atoms with Crippen molar-refractivity contribution in [1.29, 1.82) is 0 Å². The van der Waals surface area contributed by atoms with Crippen molar-refractivity contribution in [3.05, 3.63) is 22.6 Å². The molecule has 5 heteroatoms. The normalized spacial score (nSPS) is 14.9. The molecule has 0 aromatic carbocycles. The fraction of sp³-hybridized carbons (Fsp3) is 0.667. The van der Waals surface area contributed by atoms with Crippen LogP contribution in [0.15, 0.2) is 17.1 Å². The molecule has 94 valence electrons. The molecule has 1 aliphatic rings. The smallest absolute Gasteiger partial charge is 0.268 e. The summed E-state index contributed by atoms with van der Waals surface area (Å²) in [6.45, 7) is 1.67. The first kappa shape index (κ1) is 12.1. The van der Waals surface area contributed by atoms with E-state index in [1.807, 2.05) is 0 Å². The summed E-state index contributed by atoms with van der Waals surface area (Å²) in [6.07, 6.45) is 5.76. The lowest BCUT2D eigenvalue weighted by molar-refractivity contribution is 0.279. The Morgan fingerprint density at radius 2 is 2.29 bits per heavy atom. The molecular formula is C12H19N3O2. The van der Waals surface area contributed by atoms with E-state index >= 15 is 0 Å². The second kappa shape index (κ2) is 5.82. The zero-order valence-electron chi connectivity index (χ0n) is 9.93. The molecule has 1 saturated carbocycles. The Morgan fingerprint density at radius 3 is 2.94 bits per heavy atom. The average Bonchev–Trinajstić information content (AvgIpc) is 3.13. The lowest BCUT2D eigenvalue weighted by atomic mass is 10.3. The molecule has 0 amide bonds. The molecule has 1 fully saturated rings. The van der Waals surface area contributed by atoms with Crippen molar-refractivity contribution in [1.82, 2.24) is 9.78 Å². The highest BCUT2D eigenvalue weighted by Gasteiger charge is 2.20. The van der Waals surface area contributed by atoms with Gasteiger partial charge >= 0.3 is 0 Å². The Morgan fingerprint density at radius 1 is 1.47 bits per heavy atom. The number of hydrogen-bond acceptors (Lipinski definition) is 4. The largest absolute Gasteiger partial charge is 0.396 e. The summed E-state index contributed by atoms with van der Waals surface area (Å²) >= 11 is 0. The summed E-state index contributed by atoms with van der Waals surface area (Å²) in [5.74, 6) is 0.780. The maximum atomic E-state index is 11.7. The van der Waals surface area contributed by atoms with Gasteiger partial charge in [0, 0.05) is 25.8 Å². The number of aromatic nitrogens is 2. The minimum Gasteiger partial charge on any atom is -0.396 e. The van der Waals surface area contributed by atoms with Crippen molar-refractivity contribution in [2.24, 2.45) is 5.92 Å². The van der Waals surface area contributed by atoms with Crippen LogP contribution in [0.3, 0.4) is 0 Å². The van der Waals surface area contributed by atoms with Crippen LogP contribution in [0, 0.1) is 5.92 Å². The summed E-state index contributed by atoms with van der Waals surface area (Å²) in [6, 6.07) is 1.59. The summed E-state index contributed by atoms with van der Waals surface area (Å²) < 4.78 is 1.44. The molecule has 0 unspecified atom stereocenters.